The minimum absolute atomic E-state index is 0.0166. The smallest absolute Gasteiger partial charge is 0.245 e. The Morgan fingerprint density at radius 1 is 1.30 bits per heavy atom. The van der Waals surface area contributed by atoms with Crippen LogP contribution in [0.25, 0.3) is 0 Å². The number of carbonyl (C=O) groups is 2. The van der Waals surface area contributed by atoms with Crippen molar-refractivity contribution in [3.63, 3.8) is 0 Å². The maximum absolute atomic E-state index is 12.5. The van der Waals surface area contributed by atoms with Gasteiger partial charge in [-0.3, -0.25) is 9.59 Å². The number of benzene rings is 1. The molecule has 4 nitrogen and oxygen atoms in total. The molecule has 0 spiro atoms. The van der Waals surface area contributed by atoms with E-state index in [1.54, 1.807) is 0 Å². The van der Waals surface area contributed by atoms with Gasteiger partial charge in [-0.1, -0.05) is 37.3 Å². The van der Waals surface area contributed by atoms with Crippen molar-refractivity contribution in [1.29, 1.82) is 0 Å². The van der Waals surface area contributed by atoms with Crippen LogP contribution < -0.4 is 5.32 Å². The molecule has 126 valence electrons. The topological polar surface area (TPSA) is 49.4 Å². The fourth-order valence-corrected chi connectivity index (χ4v) is 3.15. The Morgan fingerprint density at radius 3 is 2.65 bits per heavy atom. The summed E-state index contributed by atoms with van der Waals surface area (Å²) in [5.41, 5.74) is 1.24. The molecule has 0 bridgehead atoms. The van der Waals surface area contributed by atoms with E-state index in [2.05, 4.69) is 24.4 Å². The second kappa shape index (κ2) is 8.14. The van der Waals surface area contributed by atoms with Crippen LogP contribution >= 0.6 is 0 Å². The molecule has 23 heavy (non-hydrogen) atoms. The molecule has 1 aliphatic heterocycles. The minimum atomic E-state index is -0.356. The summed E-state index contributed by atoms with van der Waals surface area (Å²) in [5.74, 6) is 0.469. The fourth-order valence-electron chi connectivity index (χ4n) is 3.15. The van der Waals surface area contributed by atoms with Crippen LogP contribution in [0, 0.1) is 5.92 Å². The van der Waals surface area contributed by atoms with Gasteiger partial charge in [-0.05, 0) is 44.6 Å². The highest BCUT2D eigenvalue weighted by atomic mass is 16.2. The summed E-state index contributed by atoms with van der Waals surface area (Å²) in [5, 5.41) is 2.94. The molecule has 1 heterocycles. The van der Waals surface area contributed by atoms with Gasteiger partial charge >= 0.3 is 0 Å². The normalized spacial score (nSPS) is 21.6. The molecule has 2 amide bonds. The lowest BCUT2D eigenvalue weighted by molar-refractivity contribution is -0.142. The monoisotopic (exact) mass is 316 g/mol. The average molecular weight is 316 g/mol. The number of nitrogens with one attached hydrogen (secondary N) is 1. The van der Waals surface area contributed by atoms with Crippen LogP contribution in [0.1, 0.15) is 45.6 Å². The number of likely N-dealkylation sites (tertiary alicyclic amines) is 1. The quantitative estimate of drug-likeness (QED) is 0.877. The zero-order valence-corrected chi connectivity index (χ0v) is 14.4. The molecule has 4 heteroatoms. The Bertz CT molecular complexity index is 527. The SMILES string of the molecule is CC1CC(NC(=O)CCCc2ccccc2)C(=O)N(C(C)C)C1. The number of carbonyl (C=O) groups excluding carboxylic acids is 2. The summed E-state index contributed by atoms with van der Waals surface area (Å²) < 4.78 is 0. The van der Waals surface area contributed by atoms with Crippen molar-refractivity contribution in [3.8, 4) is 0 Å². The highest BCUT2D eigenvalue weighted by molar-refractivity contribution is 5.88. The molecule has 2 atom stereocenters. The van der Waals surface area contributed by atoms with Crippen LogP contribution in [0.2, 0.25) is 0 Å². The van der Waals surface area contributed by atoms with Gasteiger partial charge in [0.1, 0.15) is 6.04 Å². The summed E-state index contributed by atoms with van der Waals surface area (Å²) in [4.78, 5) is 26.5. The molecule has 1 fully saturated rings. The van der Waals surface area contributed by atoms with Crippen LogP contribution in [-0.4, -0.2) is 35.3 Å². The lowest BCUT2D eigenvalue weighted by Crippen LogP contribution is -2.56. The van der Waals surface area contributed by atoms with Gasteiger partial charge in [0.05, 0.1) is 0 Å². The minimum Gasteiger partial charge on any atom is -0.344 e. The summed E-state index contributed by atoms with van der Waals surface area (Å²) >= 11 is 0. The Hall–Kier alpha value is -1.84. The van der Waals surface area contributed by atoms with E-state index in [9.17, 15) is 9.59 Å². The summed E-state index contributed by atoms with van der Waals surface area (Å²) in [6.45, 7) is 6.97. The van der Waals surface area contributed by atoms with Crippen molar-refractivity contribution in [2.45, 2.75) is 58.5 Å². The van der Waals surface area contributed by atoms with Crippen molar-refractivity contribution in [3.05, 3.63) is 35.9 Å². The van der Waals surface area contributed by atoms with Gasteiger partial charge in [0, 0.05) is 19.0 Å². The predicted octanol–water partition coefficient (Wildman–Crippen LogP) is 2.77. The van der Waals surface area contributed by atoms with Crippen molar-refractivity contribution in [2.75, 3.05) is 6.54 Å². The first-order valence-electron chi connectivity index (χ1n) is 8.61. The van der Waals surface area contributed by atoms with Crippen molar-refractivity contribution < 1.29 is 9.59 Å². The van der Waals surface area contributed by atoms with E-state index in [1.807, 2.05) is 36.9 Å². The highest BCUT2D eigenvalue weighted by Gasteiger charge is 2.34. The van der Waals surface area contributed by atoms with Gasteiger partial charge in [0.25, 0.3) is 0 Å². The van der Waals surface area contributed by atoms with E-state index < -0.39 is 0 Å². The maximum atomic E-state index is 12.5. The Morgan fingerprint density at radius 2 is 2.00 bits per heavy atom. The van der Waals surface area contributed by atoms with Crippen LogP contribution in [0.4, 0.5) is 0 Å². The third kappa shape index (κ3) is 5.08. The van der Waals surface area contributed by atoms with Gasteiger partial charge in [0.15, 0.2) is 0 Å². The van der Waals surface area contributed by atoms with Crippen LogP contribution in [0.3, 0.4) is 0 Å². The molecule has 1 saturated heterocycles. The standard InChI is InChI=1S/C19H28N2O2/c1-14(2)21-13-15(3)12-17(19(21)23)20-18(22)11-7-10-16-8-5-4-6-9-16/h4-6,8-9,14-15,17H,7,10-13H2,1-3H3,(H,20,22). The molecule has 2 rings (SSSR count). The van der Waals surface area contributed by atoms with Gasteiger partial charge in [-0.15, -0.1) is 0 Å². The number of rotatable bonds is 6. The zero-order valence-electron chi connectivity index (χ0n) is 14.4. The second-order valence-corrected chi connectivity index (χ2v) is 6.88. The van der Waals surface area contributed by atoms with E-state index >= 15 is 0 Å². The van der Waals surface area contributed by atoms with Crippen molar-refractivity contribution in [1.82, 2.24) is 10.2 Å². The number of hydrogen-bond acceptors (Lipinski definition) is 2. The van der Waals surface area contributed by atoms with Gasteiger partial charge in [0.2, 0.25) is 11.8 Å². The van der Waals surface area contributed by atoms with Crippen molar-refractivity contribution >= 4 is 11.8 Å². The zero-order chi connectivity index (χ0) is 16.8. The lowest BCUT2D eigenvalue weighted by Gasteiger charge is -2.38. The van der Waals surface area contributed by atoms with E-state index in [4.69, 9.17) is 0 Å². The van der Waals surface area contributed by atoms with Gasteiger partial charge in [-0.25, -0.2) is 0 Å². The fraction of sp³-hybridized carbons (Fsp3) is 0.579. The first kappa shape index (κ1) is 17.5. The van der Waals surface area contributed by atoms with Crippen LogP contribution in [-0.2, 0) is 16.0 Å². The summed E-state index contributed by atoms with van der Waals surface area (Å²) in [6.07, 6.45) is 2.91. The molecule has 0 aliphatic carbocycles. The molecule has 0 saturated carbocycles. The molecular weight excluding hydrogens is 288 g/mol. The molecular formula is C19H28N2O2. The van der Waals surface area contributed by atoms with Crippen molar-refractivity contribution in [2.24, 2.45) is 5.92 Å². The lowest BCUT2D eigenvalue weighted by atomic mass is 9.94. The van der Waals surface area contributed by atoms with Gasteiger partial charge < -0.3 is 10.2 Å². The van der Waals surface area contributed by atoms with Gasteiger partial charge in [-0.2, -0.15) is 0 Å². The number of hydrogen-bond donors (Lipinski definition) is 1. The number of amides is 2. The molecule has 2 unspecified atom stereocenters. The number of nitrogens with zero attached hydrogens (tertiary/aromatic N) is 1. The van der Waals surface area contributed by atoms with Crippen LogP contribution in [0.15, 0.2) is 30.3 Å². The Labute approximate surface area is 139 Å². The molecule has 1 aromatic carbocycles. The highest BCUT2D eigenvalue weighted by Crippen LogP contribution is 2.20. The largest absolute Gasteiger partial charge is 0.344 e. The maximum Gasteiger partial charge on any atom is 0.245 e. The second-order valence-electron chi connectivity index (χ2n) is 6.88. The Balaban J connectivity index is 1.80. The first-order chi connectivity index (χ1) is 11.0. The third-order valence-electron chi connectivity index (χ3n) is 4.40. The predicted molar refractivity (Wildman–Crippen MR) is 91.9 cm³/mol. The Kier molecular flexibility index (Phi) is 6.20. The average Bonchev–Trinajstić information content (AvgIpc) is 2.51. The molecule has 0 aromatic heterocycles. The molecule has 1 aliphatic rings. The number of piperidine rings is 1. The molecule has 1 N–H and O–H groups in total. The summed E-state index contributed by atoms with van der Waals surface area (Å²) in [7, 11) is 0. The van der Waals surface area contributed by atoms with E-state index in [1.165, 1.54) is 5.56 Å². The molecule has 0 radical (unpaired) electrons. The molecule has 1 aromatic rings. The van der Waals surface area contributed by atoms with E-state index in [0.29, 0.717) is 12.3 Å². The van der Waals surface area contributed by atoms with E-state index in [0.717, 1.165) is 25.8 Å². The first-order valence-corrected chi connectivity index (χ1v) is 8.61. The van der Waals surface area contributed by atoms with E-state index in [-0.39, 0.29) is 23.9 Å². The van der Waals surface area contributed by atoms with Crippen LogP contribution in [0.5, 0.6) is 0 Å². The third-order valence-corrected chi connectivity index (χ3v) is 4.40. The number of aryl methyl sites for hydroxylation is 1. The summed E-state index contributed by atoms with van der Waals surface area (Å²) in [6, 6.07) is 9.99.